The molecule has 0 radical (unpaired) electrons. The normalized spacial score (nSPS) is 20.7. The number of Topliss-reactive ketones (excluding diaryl/α,β-unsaturated/α-hetero) is 1. The summed E-state index contributed by atoms with van der Waals surface area (Å²) in [6.45, 7) is 3.60. The molecule has 166 valence electrons. The molecule has 1 amide bonds. The molecular formula is C22H24F3N3O3. The average Bonchev–Trinajstić information content (AvgIpc) is 3.33. The average molecular weight is 435 g/mol. The highest BCUT2D eigenvalue weighted by molar-refractivity contribution is 6.41. The second-order valence-electron chi connectivity index (χ2n) is 7.92. The molecule has 0 bridgehead atoms. The van der Waals surface area contributed by atoms with Crippen LogP contribution in [0.5, 0.6) is 0 Å². The maximum absolute atomic E-state index is 13.0. The summed E-state index contributed by atoms with van der Waals surface area (Å²) in [5.41, 5.74) is -0.0749. The summed E-state index contributed by atoms with van der Waals surface area (Å²) < 4.78 is 44.0. The monoisotopic (exact) mass is 435 g/mol. The molecule has 0 unspecified atom stereocenters. The first-order valence-corrected chi connectivity index (χ1v) is 10.4. The van der Waals surface area contributed by atoms with Gasteiger partial charge in [0.15, 0.2) is 5.76 Å². The molecule has 1 atom stereocenters. The van der Waals surface area contributed by atoms with Crippen molar-refractivity contribution in [3.05, 3.63) is 54.0 Å². The Hall–Kier alpha value is -2.81. The number of piperidine rings is 1. The van der Waals surface area contributed by atoms with E-state index in [9.17, 15) is 22.8 Å². The number of likely N-dealkylation sites (tertiary alicyclic amines) is 1. The maximum atomic E-state index is 13.0. The zero-order valence-corrected chi connectivity index (χ0v) is 17.0. The van der Waals surface area contributed by atoms with E-state index in [-0.39, 0.29) is 11.8 Å². The van der Waals surface area contributed by atoms with Crippen molar-refractivity contribution in [1.82, 2.24) is 9.80 Å². The lowest BCUT2D eigenvalue weighted by atomic mass is 10.0. The number of carbonyl (C=O) groups excluding carboxylic acids is 2. The third-order valence-electron chi connectivity index (χ3n) is 5.99. The molecule has 6 nitrogen and oxygen atoms in total. The largest absolute Gasteiger partial charge is 0.461 e. The summed E-state index contributed by atoms with van der Waals surface area (Å²) in [4.78, 5) is 30.7. The summed E-state index contributed by atoms with van der Waals surface area (Å²) in [5, 5.41) is 0. The molecule has 0 aliphatic carbocycles. The molecule has 1 aromatic heterocycles. The second kappa shape index (κ2) is 8.74. The van der Waals surface area contributed by atoms with Crippen molar-refractivity contribution in [3.63, 3.8) is 0 Å². The Kier molecular flexibility index (Phi) is 6.04. The van der Waals surface area contributed by atoms with Gasteiger partial charge in [0.1, 0.15) is 0 Å². The molecule has 0 saturated carbocycles. The van der Waals surface area contributed by atoms with E-state index in [1.54, 1.807) is 17.0 Å². The zero-order valence-electron chi connectivity index (χ0n) is 17.0. The number of ketones is 1. The van der Waals surface area contributed by atoms with E-state index < -0.39 is 23.4 Å². The van der Waals surface area contributed by atoms with Crippen LogP contribution in [0.25, 0.3) is 0 Å². The Bertz CT molecular complexity index is 922. The van der Waals surface area contributed by atoms with Gasteiger partial charge in [0, 0.05) is 51.0 Å². The first kappa shape index (κ1) is 21.4. The zero-order chi connectivity index (χ0) is 22.0. The van der Waals surface area contributed by atoms with E-state index in [1.165, 1.54) is 24.5 Å². The lowest BCUT2D eigenvalue weighted by Gasteiger charge is -2.43. The molecule has 0 N–H and O–H groups in total. The van der Waals surface area contributed by atoms with E-state index in [1.807, 2.05) is 4.90 Å². The second-order valence-corrected chi connectivity index (χ2v) is 7.92. The number of carbonyl (C=O) groups is 2. The first-order chi connectivity index (χ1) is 14.8. The third-order valence-corrected chi connectivity index (χ3v) is 5.99. The van der Waals surface area contributed by atoms with Crippen LogP contribution in [0.15, 0.2) is 47.1 Å². The molecule has 2 saturated heterocycles. The van der Waals surface area contributed by atoms with E-state index in [4.69, 9.17) is 4.42 Å². The van der Waals surface area contributed by atoms with Crippen LogP contribution in [0.2, 0.25) is 0 Å². The third kappa shape index (κ3) is 4.76. The molecule has 2 fully saturated rings. The van der Waals surface area contributed by atoms with Crippen LogP contribution >= 0.6 is 0 Å². The topological polar surface area (TPSA) is 57.0 Å². The van der Waals surface area contributed by atoms with Crippen molar-refractivity contribution in [2.24, 2.45) is 0 Å². The van der Waals surface area contributed by atoms with Gasteiger partial charge in [0.25, 0.3) is 11.7 Å². The van der Waals surface area contributed by atoms with Crippen LogP contribution < -0.4 is 4.90 Å². The number of hydrogen-bond donors (Lipinski definition) is 0. The summed E-state index contributed by atoms with van der Waals surface area (Å²) in [6.07, 6.45) is -1.27. The molecule has 2 aliphatic heterocycles. The van der Waals surface area contributed by atoms with Gasteiger partial charge in [-0.1, -0.05) is 6.07 Å². The smallest absolute Gasteiger partial charge is 0.416 e. The lowest BCUT2D eigenvalue weighted by molar-refractivity contribution is -0.137. The number of rotatable bonds is 4. The van der Waals surface area contributed by atoms with Gasteiger partial charge in [0.2, 0.25) is 0 Å². The molecule has 2 aliphatic rings. The van der Waals surface area contributed by atoms with Gasteiger partial charge in [-0.3, -0.25) is 14.5 Å². The van der Waals surface area contributed by atoms with Crippen molar-refractivity contribution in [2.45, 2.75) is 25.1 Å². The fourth-order valence-electron chi connectivity index (χ4n) is 4.32. The van der Waals surface area contributed by atoms with Crippen LogP contribution in [0.4, 0.5) is 18.9 Å². The number of piperazine rings is 1. The van der Waals surface area contributed by atoms with E-state index in [0.717, 1.165) is 18.9 Å². The number of anilines is 1. The van der Waals surface area contributed by atoms with E-state index in [2.05, 4.69) is 4.90 Å². The highest BCUT2D eigenvalue weighted by atomic mass is 19.4. The van der Waals surface area contributed by atoms with Gasteiger partial charge in [-0.15, -0.1) is 0 Å². The number of amides is 1. The van der Waals surface area contributed by atoms with Gasteiger partial charge in [-0.25, -0.2) is 0 Å². The molecule has 9 heteroatoms. The van der Waals surface area contributed by atoms with Gasteiger partial charge in [-0.2, -0.15) is 13.2 Å². The van der Waals surface area contributed by atoms with E-state index in [0.29, 0.717) is 45.0 Å². The van der Waals surface area contributed by atoms with Gasteiger partial charge in [-0.05, 0) is 43.2 Å². The summed E-state index contributed by atoms with van der Waals surface area (Å²) >= 11 is 0. The lowest BCUT2D eigenvalue weighted by Crippen LogP contribution is -2.56. The van der Waals surface area contributed by atoms with Crippen molar-refractivity contribution >= 4 is 17.4 Å². The maximum Gasteiger partial charge on any atom is 0.416 e. The fraction of sp³-hybridized carbons (Fsp3) is 0.455. The quantitative estimate of drug-likeness (QED) is 0.545. The Balaban J connectivity index is 1.35. The van der Waals surface area contributed by atoms with Crippen LogP contribution in [0.1, 0.15) is 29.0 Å². The number of alkyl halides is 3. The van der Waals surface area contributed by atoms with Crippen molar-refractivity contribution in [3.8, 4) is 0 Å². The molecule has 0 spiro atoms. The number of halogens is 3. The van der Waals surface area contributed by atoms with Crippen LogP contribution in [-0.2, 0) is 11.0 Å². The van der Waals surface area contributed by atoms with Crippen molar-refractivity contribution in [2.75, 3.05) is 44.2 Å². The summed E-state index contributed by atoms with van der Waals surface area (Å²) in [5.74, 6) is -1.15. The van der Waals surface area contributed by atoms with Gasteiger partial charge < -0.3 is 14.2 Å². The molecule has 1 aromatic carbocycles. The Morgan fingerprint density at radius 1 is 1.00 bits per heavy atom. The summed E-state index contributed by atoms with van der Waals surface area (Å²) in [7, 11) is 0. The molecule has 3 heterocycles. The number of benzene rings is 1. The SMILES string of the molecule is O=C(C(=O)N1CCC[C@H](N2CCN(c3cccc(C(F)(F)F)c3)CC2)C1)c1ccco1. The Labute approximate surface area is 178 Å². The van der Waals surface area contributed by atoms with Gasteiger partial charge in [0.05, 0.1) is 11.8 Å². The summed E-state index contributed by atoms with van der Waals surface area (Å²) in [6, 6.07) is 8.59. The standard InChI is InChI=1S/C22H24F3N3O3/c23-22(24,25)16-4-1-5-17(14-16)26-9-11-27(12-10-26)18-6-2-8-28(15-18)21(30)20(29)19-7-3-13-31-19/h1,3-5,7,13-14,18H,2,6,8-12,15H2/t18-/m0/s1. The van der Waals surface area contributed by atoms with Crippen LogP contribution in [0.3, 0.4) is 0 Å². The van der Waals surface area contributed by atoms with E-state index >= 15 is 0 Å². The fourth-order valence-corrected chi connectivity index (χ4v) is 4.32. The number of hydrogen-bond acceptors (Lipinski definition) is 5. The molecule has 4 rings (SSSR count). The van der Waals surface area contributed by atoms with Crippen molar-refractivity contribution in [1.29, 1.82) is 0 Å². The molecular weight excluding hydrogens is 411 g/mol. The van der Waals surface area contributed by atoms with Crippen LogP contribution in [0, 0.1) is 0 Å². The van der Waals surface area contributed by atoms with Gasteiger partial charge >= 0.3 is 6.18 Å². The van der Waals surface area contributed by atoms with Crippen molar-refractivity contribution < 1.29 is 27.2 Å². The number of furan rings is 1. The minimum Gasteiger partial charge on any atom is -0.461 e. The molecule has 2 aromatic rings. The highest BCUT2D eigenvalue weighted by Crippen LogP contribution is 2.32. The van der Waals surface area contributed by atoms with Crippen LogP contribution in [-0.4, -0.2) is 66.8 Å². The predicted octanol–water partition coefficient (Wildman–Crippen LogP) is 3.29. The Morgan fingerprint density at radius 3 is 2.45 bits per heavy atom. The minimum atomic E-state index is -4.36. The highest BCUT2D eigenvalue weighted by Gasteiger charge is 2.34. The number of nitrogens with zero attached hydrogens (tertiary/aromatic N) is 3. The first-order valence-electron chi connectivity index (χ1n) is 10.4. The Morgan fingerprint density at radius 2 is 1.77 bits per heavy atom. The predicted molar refractivity (Wildman–Crippen MR) is 108 cm³/mol. The molecule has 31 heavy (non-hydrogen) atoms. The minimum absolute atomic E-state index is 0.0434.